The van der Waals surface area contributed by atoms with E-state index in [9.17, 15) is 9.59 Å². The Kier molecular flexibility index (Phi) is 4.97. The molecule has 0 saturated heterocycles. The summed E-state index contributed by atoms with van der Waals surface area (Å²) in [5.74, 6) is -3.31. The molecule has 13 heavy (non-hydrogen) atoms. The minimum absolute atomic E-state index is 0.542. The maximum atomic E-state index is 10.2. The average Bonchev–Trinajstić information content (AvgIpc) is 2.03. The Morgan fingerprint density at radius 3 is 2.00 bits per heavy atom. The van der Waals surface area contributed by atoms with Crippen LogP contribution in [0.2, 0.25) is 0 Å². The second-order valence-corrected chi connectivity index (χ2v) is 2.23. The lowest BCUT2D eigenvalue weighted by Crippen LogP contribution is -2.35. The number of aliphatic carboxylic acids is 2. The molecule has 0 saturated carbocycles. The number of hydrogen-bond acceptors (Lipinski definition) is 5. The highest BCUT2D eigenvalue weighted by molar-refractivity contribution is 5.95. The van der Waals surface area contributed by atoms with Crippen LogP contribution in [0.1, 0.15) is 0 Å². The van der Waals surface area contributed by atoms with Crippen LogP contribution >= 0.6 is 0 Å². The molecular weight excluding hydrogens is 184 g/mol. The summed E-state index contributed by atoms with van der Waals surface area (Å²) < 4.78 is 4.31. The minimum atomic E-state index is -2.01. The summed E-state index contributed by atoms with van der Waals surface area (Å²) >= 11 is 0. The predicted molar refractivity (Wildman–Crippen MR) is 38.1 cm³/mol. The van der Waals surface area contributed by atoms with E-state index >= 15 is 0 Å². The summed E-state index contributed by atoms with van der Waals surface area (Å²) in [7, 11) is 0. The van der Waals surface area contributed by atoms with E-state index < -0.39 is 37.4 Å². The summed E-state index contributed by atoms with van der Waals surface area (Å²) in [5, 5.41) is 33.6. The molecule has 7 nitrogen and oxygen atoms in total. The van der Waals surface area contributed by atoms with Crippen LogP contribution in [0.15, 0.2) is 0 Å². The molecule has 0 amide bonds. The van der Waals surface area contributed by atoms with Crippen LogP contribution in [-0.4, -0.2) is 57.8 Å². The number of ether oxygens (including phenoxy) is 1. The average molecular weight is 194 g/mol. The molecule has 0 aromatic rings. The molecule has 7 heteroatoms. The molecule has 0 aromatic carbocycles. The quantitative estimate of drug-likeness (QED) is 0.357. The second-order valence-electron chi connectivity index (χ2n) is 2.23. The summed E-state index contributed by atoms with van der Waals surface area (Å²) in [6.07, 6.45) is -3.29. The topological polar surface area (TPSA) is 124 Å². The van der Waals surface area contributed by atoms with Crippen LogP contribution in [0.25, 0.3) is 0 Å². The fraction of sp³-hybridized carbons (Fsp3) is 0.667. The van der Waals surface area contributed by atoms with Crippen LogP contribution in [-0.2, 0) is 14.3 Å². The molecule has 0 aliphatic heterocycles. The number of carboxylic acid groups (broad SMARTS) is 2. The monoisotopic (exact) mass is 194 g/mol. The van der Waals surface area contributed by atoms with Gasteiger partial charge in [0.1, 0.15) is 6.10 Å². The Bertz CT molecular complexity index is 175. The smallest absolute Gasteiger partial charge is 0.344 e. The molecule has 4 N–H and O–H groups in total. The number of rotatable bonds is 6. The standard InChI is InChI=1S/C6H10O7/c7-1-3(8)2-13-4(5(9)10)6(11)12/h3-4,7-8H,1-2H2,(H,9,10)(H,11,12). The van der Waals surface area contributed by atoms with E-state index in [1.54, 1.807) is 0 Å². The zero-order valence-corrected chi connectivity index (χ0v) is 6.58. The lowest BCUT2D eigenvalue weighted by Gasteiger charge is -2.11. The maximum Gasteiger partial charge on any atom is 0.344 e. The van der Waals surface area contributed by atoms with Gasteiger partial charge in [0.25, 0.3) is 6.10 Å². The lowest BCUT2D eigenvalue weighted by atomic mass is 10.3. The molecule has 0 bridgehead atoms. The summed E-state index contributed by atoms with van der Waals surface area (Å²) in [4.78, 5) is 20.4. The van der Waals surface area contributed by atoms with E-state index in [4.69, 9.17) is 20.4 Å². The van der Waals surface area contributed by atoms with Gasteiger partial charge in [0, 0.05) is 0 Å². The number of aliphatic hydroxyl groups is 2. The van der Waals surface area contributed by atoms with Gasteiger partial charge >= 0.3 is 11.9 Å². The van der Waals surface area contributed by atoms with E-state index in [1.807, 2.05) is 0 Å². The highest BCUT2D eigenvalue weighted by atomic mass is 16.5. The summed E-state index contributed by atoms with van der Waals surface area (Å²) in [5.41, 5.74) is 0. The number of hydrogen-bond donors (Lipinski definition) is 4. The molecule has 0 aliphatic rings. The zero-order valence-electron chi connectivity index (χ0n) is 6.58. The number of carbonyl (C=O) groups is 2. The van der Waals surface area contributed by atoms with Crippen molar-refractivity contribution >= 4 is 11.9 Å². The van der Waals surface area contributed by atoms with Crippen molar-refractivity contribution in [1.29, 1.82) is 0 Å². The SMILES string of the molecule is O=C(O)C(OCC(O)CO)C(=O)O. The van der Waals surface area contributed by atoms with Gasteiger partial charge in [0.15, 0.2) is 0 Å². The lowest BCUT2D eigenvalue weighted by molar-refractivity contribution is -0.168. The normalized spacial score (nSPS) is 12.8. The Hall–Kier alpha value is -1.18. The number of aliphatic hydroxyl groups excluding tert-OH is 2. The van der Waals surface area contributed by atoms with E-state index in [-0.39, 0.29) is 0 Å². The molecule has 0 aliphatic carbocycles. The van der Waals surface area contributed by atoms with E-state index in [0.717, 1.165) is 0 Å². The molecule has 0 rings (SSSR count). The highest BCUT2D eigenvalue weighted by Gasteiger charge is 2.27. The molecule has 0 spiro atoms. The van der Waals surface area contributed by atoms with Gasteiger partial charge in [0.05, 0.1) is 13.2 Å². The summed E-state index contributed by atoms with van der Waals surface area (Å²) in [6.45, 7) is -1.16. The Labute approximate surface area is 73.2 Å². The molecule has 0 radical (unpaired) electrons. The Balaban J connectivity index is 3.98. The third-order valence-electron chi connectivity index (χ3n) is 1.11. The van der Waals surface area contributed by atoms with Crippen molar-refractivity contribution in [2.24, 2.45) is 0 Å². The van der Waals surface area contributed by atoms with Crippen LogP contribution in [0.5, 0.6) is 0 Å². The first-order valence-corrected chi connectivity index (χ1v) is 3.35. The fourth-order valence-electron chi connectivity index (χ4n) is 0.508. The molecular formula is C6H10O7. The first kappa shape index (κ1) is 11.8. The molecule has 76 valence electrons. The van der Waals surface area contributed by atoms with Gasteiger partial charge < -0.3 is 25.2 Å². The van der Waals surface area contributed by atoms with Crippen molar-refractivity contribution < 1.29 is 34.8 Å². The maximum absolute atomic E-state index is 10.2. The minimum Gasteiger partial charge on any atom is -0.479 e. The van der Waals surface area contributed by atoms with Crippen molar-refractivity contribution in [3.05, 3.63) is 0 Å². The van der Waals surface area contributed by atoms with Gasteiger partial charge in [-0.15, -0.1) is 0 Å². The molecule has 0 fully saturated rings. The van der Waals surface area contributed by atoms with E-state index in [0.29, 0.717) is 0 Å². The van der Waals surface area contributed by atoms with Gasteiger partial charge in [-0.1, -0.05) is 0 Å². The zero-order chi connectivity index (χ0) is 10.4. The van der Waals surface area contributed by atoms with Crippen molar-refractivity contribution in [1.82, 2.24) is 0 Å². The van der Waals surface area contributed by atoms with Crippen molar-refractivity contribution in [2.75, 3.05) is 13.2 Å². The van der Waals surface area contributed by atoms with E-state index in [1.165, 1.54) is 0 Å². The fourth-order valence-corrected chi connectivity index (χ4v) is 0.508. The first-order chi connectivity index (χ1) is 5.99. The second kappa shape index (κ2) is 5.46. The van der Waals surface area contributed by atoms with Crippen LogP contribution in [0.3, 0.4) is 0 Å². The molecule has 1 unspecified atom stereocenters. The first-order valence-electron chi connectivity index (χ1n) is 3.35. The third kappa shape index (κ3) is 4.41. The van der Waals surface area contributed by atoms with Gasteiger partial charge in [-0.3, -0.25) is 0 Å². The number of carboxylic acids is 2. The Morgan fingerprint density at radius 1 is 1.23 bits per heavy atom. The van der Waals surface area contributed by atoms with Gasteiger partial charge in [-0.2, -0.15) is 0 Å². The van der Waals surface area contributed by atoms with Crippen molar-refractivity contribution in [3.8, 4) is 0 Å². The molecule has 0 aromatic heterocycles. The van der Waals surface area contributed by atoms with Crippen molar-refractivity contribution in [3.63, 3.8) is 0 Å². The third-order valence-corrected chi connectivity index (χ3v) is 1.11. The summed E-state index contributed by atoms with van der Waals surface area (Å²) in [6, 6.07) is 0. The molecule has 0 heterocycles. The van der Waals surface area contributed by atoms with Gasteiger partial charge in [-0.05, 0) is 0 Å². The van der Waals surface area contributed by atoms with Crippen LogP contribution in [0, 0.1) is 0 Å². The van der Waals surface area contributed by atoms with Crippen LogP contribution < -0.4 is 0 Å². The van der Waals surface area contributed by atoms with Crippen molar-refractivity contribution in [2.45, 2.75) is 12.2 Å². The van der Waals surface area contributed by atoms with E-state index in [2.05, 4.69) is 4.74 Å². The van der Waals surface area contributed by atoms with Crippen LogP contribution in [0.4, 0.5) is 0 Å². The molecule has 1 atom stereocenters. The highest BCUT2D eigenvalue weighted by Crippen LogP contribution is 1.95. The van der Waals surface area contributed by atoms with Gasteiger partial charge in [0.2, 0.25) is 0 Å². The largest absolute Gasteiger partial charge is 0.479 e. The van der Waals surface area contributed by atoms with Gasteiger partial charge in [-0.25, -0.2) is 9.59 Å². The Morgan fingerprint density at radius 2 is 1.69 bits per heavy atom. The predicted octanol–water partition coefficient (Wildman–Crippen LogP) is -2.11.